The number of nitrogens with two attached hydrogens (primary N) is 1. The van der Waals surface area contributed by atoms with Crippen LogP contribution >= 0.6 is 0 Å². The molecule has 0 spiro atoms. The summed E-state index contributed by atoms with van der Waals surface area (Å²) in [7, 11) is 1.69. The van der Waals surface area contributed by atoms with Crippen molar-refractivity contribution in [2.75, 3.05) is 13.7 Å². The van der Waals surface area contributed by atoms with Crippen LogP contribution in [0.15, 0.2) is 6.33 Å². The molecule has 1 aromatic rings. The average Bonchev–Trinajstić information content (AvgIpc) is 2.59. The van der Waals surface area contributed by atoms with E-state index in [9.17, 15) is 0 Å². The van der Waals surface area contributed by atoms with E-state index in [2.05, 4.69) is 10.2 Å². The smallest absolute Gasteiger partial charge is 0.153 e. The fourth-order valence-corrected chi connectivity index (χ4v) is 1.78. The van der Waals surface area contributed by atoms with Gasteiger partial charge in [-0.25, -0.2) is 0 Å². The maximum atomic E-state index is 6.18. The standard InChI is InChI=1S/C9H16N4O/c1-14-6-5-13-7-11-12-8(13)9(10)3-2-4-9/h7H,2-6,10H2,1H3. The molecule has 1 fully saturated rings. The first-order chi connectivity index (χ1) is 6.76. The van der Waals surface area contributed by atoms with Gasteiger partial charge in [-0.15, -0.1) is 10.2 Å². The molecule has 2 rings (SSSR count). The van der Waals surface area contributed by atoms with E-state index in [4.69, 9.17) is 10.5 Å². The van der Waals surface area contributed by atoms with Crippen LogP contribution in [0.3, 0.4) is 0 Å². The van der Waals surface area contributed by atoms with Crippen molar-refractivity contribution in [2.45, 2.75) is 31.3 Å². The number of ether oxygens (including phenoxy) is 1. The van der Waals surface area contributed by atoms with E-state index >= 15 is 0 Å². The second-order valence-electron chi connectivity index (χ2n) is 3.85. The molecular formula is C9H16N4O. The Morgan fingerprint density at radius 1 is 1.64 bits per heavy atom. The highest BCUT2D eigenvalue weighted by Crippen LogP contribution is 2.37. The Morgan fingerprint density at radius 3 is 3.00 bits per heavy atom. The van der Waals surface area contributed by atoms with Gasteiger partial charge in [-0.1, -0.05) is 0 Å². The summed E-state index contributed by atoms with van der Waals surface area (Å²) in [4.78, 5) is 0. The molecule has 1 saturated carbocycles. The molecule has 0 unspecified atom stereocenters. The highest BCUT2D eigenvalue weighted by molar-refractivity contribution is 5.09. The number of nitrogens with zero attached hydrogens (tertiary/aromatic N) is 3. The van der Waals surface area contributed by atoms with Crippen LogP contribution in [-0.2, 0) is 16.8 Å². The van der Waals surface area contributed by atoms with Gasteiger partial charge < -0.3 is 15.0 Å². The minimum absolute atomic E-state index is 0.232. The van der Waals surface area contributed by atoms with Crippen molar-refractivity contribution >= 4 is 0 Å². The second-order valence-corrected chi connectivity index (χ2v) is 3.85. The van der Waals surface area contributed by atoms with E-state index in [1.807, 2.05) is 4.57 Å². The van der Waals surface area contributed by atoms with Gasteiger partial charge in [0, 0.05) is 13.7 Å². The van der Waals surface area contributed by atoms with Gasteiger partial charge in [-0.2, -0.15) is 0 Å². The van der Waals surface area contributed by atoms with Gasteiger partial charge >= 0.3 is 0 Å². The molecule has 0 saturated heterocycles. The molecule has 78 valence electrons. The SMILES string of the molecule is COCCn1cnnc1C1(N)CCC1. The maximum Gasteiger partial charge on any atom is 0.153 e. The number of hydrogen-bond donors (Lipinski definition) is 1. The predicted molar refractivity (Wildman–Crippen MR) is 51.6 cm³/mol. The zero-order valence-corrected chi connectivity index (χ0v) is 8.44. The van der Waals surface area contributed by atoms with Crippen molar-refractivity contribution in [1.82, 2.24) is 14.8 Å². The van der Waals surface area contributed by atoms with Gasteiger partial charge in [0.2, 0.25) is 0 Å². The van der Waals surface area contributed by atoms with Crippen molar-refractivity contribution in [3.8, 4) is 0 Å². The summed E-state index contributed by atoms with van der Waals surface area (Å²) in [6.07, 6.45) is 4.94. The highest BCUT2D eigenvalue weighted by atomic mass is 16.5. The number of aromatic nitrogens is 3. The van der Waals surface area contributed by atoms with Crippen LogP contribution in [0.4, 0.5) is 0 Å². The molecule has 0 aliphatic heterocycles. The van der Waals surface area contributed by atoms with Crippen LogP contribution in [0.25, 0.3) is 0 Å². The summed E-state index contributed by atoms with van der Waals surface area (Å²) >= 11 is 0. The molecule has 0 amide bonds. The first-order valence-corrected chi connectivity index (χ1v) is 4.92. The number of methoxy groups -OCH3 is 1. The fourth-order valence-electron chi connectivity index (χ4n) is 1.78. The monoisotopic (exact) mass is 196 g/mol. The zero-order valence-electron chi connectivity index (χ0n) is 8.44. The van der Waals surface area contributed by atoms with E-state index < -0.39 is 0 Å². The van der Waals surface area contributed by atoms with Gasteiger partial charge in [0.25, 0.3) is 0 Å². The number of rotatable bonds is 4. The van der Waals surface area contributed by atoms with Crippen LogP contribution in [-0.4, -0.2) is 28.5 Å². The second kappa shape index (κ2) is 3.67. The lowest BCUT2D eigenvalue weighted by molar-refractivity contribution is 0.177. The molecule has 1 aliphatic rings. The van der Waals surface area contributed by atoms with E-state index in [0.717, 1.165) is 25.2 Å². The largest absolute Gasteiger partial charge is 0.383 e. The Labute approximate surface area is 83.3 Å². The van der Waals surface area contributed by atoms with Crippen LogP contribution < -0.4 is 5.73 Å². The molecule has 0 radical (unpaired) electrons. The lowest BCUT2D eigenvalue weighted by Gasteiger charge is -2.36. The van der Waals surface area contributed by atoms with Gasteiger partial charge in [0.05, 0.1) is 12.1 Å². The van der Waals surface area contributed by atoms with Gasteiger partial charge in [0.1, 0.15) is 6.33 Å². The minimum Gasteiger partial charge on any atom is -0.383 e. The third kappa shape index (κ3) is 1.53. The first kappa shape index (κ1) is 9.61. The summed E-state index contributed by atoms with van der Waals surface area (Å²) in [5.74, 6) is 0.904. The molecule has 2 N–H and O–H groups in total. The van der Waals surface area contributed by atoms with E-state index in [0.29, 0.717) is 6.61 Å². The first-order valence-electron chi connectivity index (χ1n) is 4.92. The van der Waals surface area contributed by atoms with Crippen LogP contribution in [0.2, 0.25) is 0 Å². The molecule has 0 atom stereocenters. The molecule has 0 bridgehead atoms. The predicted octanol–water partition coefficient (Wildman–Crippen LogP) is 0.262. The van der Waals surface area contributed by atoms with E-state index in [1.54, 1.807) is 13.4 Å². The Morgan fingerprint density at radius 2 is 2.43 bits per heavy atom. The third-order valence-electron chi connectivity index (χ3n) is 2.84. The summed E-state index contributed by atoms with van der Waals surface area (Å²) in [6.45, 7) is 1.44. The van der Waals surface area contributed by atoms with Crippen molar-refractivity contribution in [2.24, 2.45) is 5.73 Å². The molecular weight excluding hydrogens is 180 g/mol. The minimum atomic E-state index is -0.232. The summed E-state index contributed by atoms with van der Waals surface area (Å²) in [5, 5.41) is 8.00. The average molecular weight is 196 g/mol. The lowest BCUT2D eigenvalue weighted by Crippen LogP contribution is -2.45. The summed E-state index contributed by atoms with van der Waals surface area (Å²) < 4.78 is 7.01. The van der Waals surface area contributed by atoms with Crippen molar-refractivity contribution in [1.29, 1.82) is 0 Å². The lowest BCUT2D eigenvalue weighted by atomic mass is 9.77. The normalized spacial score (nSPS) is 19.3. The van der Waals surface area contributed by atoms with E-state index in [1.165, 1.54) is 6.42 Å². The number of hydrogen-bond acceptors (Lipinski definition) is 4. The van der Waals surface area contributed by atoms with Crippen LogP contribution in [0.1, 0.15) is 25.1 Å². The Kier molecular flexibility index (Phi) is 2.52. The molecule has 5 heteroatoms. The van der Waals surface area contributed by atoms with Gasteiger partial charge in [0.15, 0.2) is 5.82 Å². The molecule has 1 heterocycles. The topological polar surface area (TPSA) is 66.0 Å². The molecule has 0 aromatic carbocycles. The van der Waals surface area contributed by atoms with Crippen LogP contribution in [0, 0.1) is 0 Å². The molecule has 14 heavy (non-hydrogen) atoms. The van der Waals surface area contributed by atoms with Crippen molar-refractivity contribution in [3.63, 3.8) is 0 Å². The Hall–Kier alpha value is -0.940. The van der Waals surface area contributed by atoms with Crippen molar-refractivity contribution in [3.05, 3.63) is 12.2 Å². The Balaban J connectivity index is 2.12. The Bertz CT molecular complexity index is 306. The molecule has 5 nitrogen and oxygen atoms in total. The molecule has 1 aliphatic carbocycles. The van der Waals surface area contributed by atoms with Gasteiger partial charge in [-0.05, 0) is 19.3 Å². The zero-order chi connectivity index (χ0) is 10.0. The molecule has 1 aromatic heterocycles. The van der Waals surface area contributed by atoms with E-state index in [-0.39, 0.29) is 5.54 Å². The van der Waals surface area contributed by atoms with Gasteiger partial charge in [-0.3, -0.25) is 0 Å². The highest BCUT2D eigenvalue weighted by Gasteiger charge is 2.38. The summed E-state index contributed by atoms with van der Waals surface area (Å²) in [5.41, 5.74) is 5.95. The van der Waals surface area contributed by atoms with Crippen LogP contribution in [0.5, 0.6) is 0 Å². The third-order valence-corrected chi connectivity index (χ3v) is 2.84. The quantitative estimate of drug-likeness (QED) is 0.750. The van der Waals surface area contributed by atoms with Crippen molar-refractivity contribution < 1.29 is 4.74 Å². The maximum absolute atomic E-state index is 6.18. The fraction of sp³-hybridized carbons (Fsp3) is 0.778. The summed E-state index contributed by atoms with van der Waals surface area (Å²) in [6, 6.07) is 0.